The van der Waals surface area contributed by atoms with Gasteiger partial charge in [-0.15, -0.1) is 0 Å². The van der Waals surface area contributed by atoms with Crippen LogP contribution in [0.25, 0.3) is 0 Å². The van der Waals surface area contributed by atoms with Crippen LogP contribution in [0.5, 0.6) is 11.5 Å². The monoisotopic (exact) mass is 290 g/mol. The number of nitrogens with two attached hydrogens (primary N) is 1. The minimum atomic E-state index is -0.503. The third-order valence-corrected chi connectivity index (χ3v) is 2.91. The van der Waals surface area contributed by atoms with E-state index in [1.807, 2.05) is 0 Å². The molecule has 6 heteroatoms. The van der Waals surface area contributed by atoms with E-state index in [1.54, 1.807) is 12.1 Å². The maximum Gasteiger partial charge on any atom is 0.257 e. The number of rotatable bonds is 4. The normalized spacial score (nSPS) is 10.0. The summed E-state index contributed by atoms with van der Waals surface area (Å²) in [5.74, 6) is -0.353. The van der Waals surface area contributed by atoms with Gasteiger partial charge >= 0.3 is 0 Å². The number of nitrogen functional groups attached to an aromatic ring is 1. The summed E-state index contributed by atoms with van der Waals surface area (Å²) < 4.78 is 23.2. The SMILES string of the molecule is COc1ccc(N)c(C(=O)Nc2ccc(F)c(OC)c2)c1. The van der Waals surface area contributed by atoms with Crippen molar-refractivity contribution < 1.29 is 18.7 Å². The molecule has 0 aliphatic heterocycles. The largest absolute Gasteiger partial charge is 0.497 e. The van der Waals surface area contributed by atoms with E-state index in [9.17, 15) is 9.18 Å². The number of hydrogen-bond donors (Lipinski definition) is 2. The maximum absolute atomic E-state index is 13.3. The summed E-state index contributed by atoms with van der Waals surface area (Å²) in [6.07, 6.45) is 0. The van der Waals surface area contributed by atoms with E-state index in [2.05, 4.69) is 5.32 Å². The van der Waals surface area contributed by atoms with Gasteiger partial charge in [-0.05, 0) is 30.3 Å². The Balaban J connectivity index is 2.25. The molecule has 0 radical (unpaired) electrons. The molecule has 0 saturated carbocycles. The Hall–Kier alpha value is -2.76. The quantitative estimate of drug-likeness (QED) is 0.849. The number of ether oxygens (including phenoxy) is 2. The molecule has 3 N–H and O–H groups in total. The van der Waals surface area contributed by atoms with E-state index in [-0.39, 0.29) is 11.3 Å². The third-order valence-electron chi connectivity index (χ3n) is 2.91. The number of benzene rings is 2. The van der Waals surface area contributed by atoms with Gasteiger partial charge in [-0.3, -0.25) is 4.79 Å². The molecule has 0 spiro atoms. The molecule has 2 aromatic rings. The molecule has 0 bridgehead atoms. The Bertz CT molecular complexity index is 674. The number of methoxy groups -OCH3 is 2. The van der Waals surface area contributed by atoms with Crippen molar-refractivity contribution in [1.82, 2.24) is 0 Å². The van der Waals surface area contributed by atoms with Crippen LogP contribution in [0, 0.1) is 5.82 Å². The predicted molar refractivity (Wildman–Crippen MR) is 78.3 cm³/mol. The number of amides is 1. The third kappa shape index (κ3) is 3.22. The highest BCUT2D eigenvalue weighted by Gasteiger charge is 2.12. The highest BCUT2D eigenvalue weighted by molar-refractivity contribution is 6.08. The second-order valence-corrected chi connectivity index (χ2v) is 4.26. The van der Waals surface area contributed by atoms with Gasteiger partial charge in [0.15, 0.2) is 11.6 Å². The van der Waals surface area contributed by atoms with Gasteiger partial charge in [0.2, 0.25) is 0 Å². The first-order valence-corrected chi connectivity index (χ1v) is 6.13. The number of anilines is 2. The average Bonchev–Trinajstić information content (AvgIpc) is 2.49. The number of carbonyl (C=O) groups excluding carboxylic acids is 1. The van der Waals surface area contributed by atoms with Crippen LogP contribution in [0.2, 0.25) is 0 Å². The van der Waals surface area contributed by atoms with E-state index >= 15 is 0 Å². The highest BCUT2D eigenvalue weighted by Crippen LogP contribution is 2.24. The zero-order valence-corrected chi connectivity index (χ0v) is 11.6. The van der Waals surface area contributed by atoms with Gasteiger partial charge in [0.25, 0.3) is 5.91 Å². The molecule has 5 nitrogen and oxygen atoms in total. The molecule has 2 rings (SSSR count). The smallest absolute Gasteiger partial charge is 0.257 e. The molecule has 0 atom stereocenters. The van der Waals surface area contributed by atoms with E-state index < -0.39 is 11.7 Å². The van der Waals surface area contributed by atoms with E-state index in [4.69, 9.17) is 15.2 Å². The second kappa shape index (κ2) is 6.13. The minimum absolute atomic E-state index is 0.0476. The molecule has 0 fully saturated rings. The summed E-state index contributed by atoms with van der Waals surface area (Å²) in [5, 5.41) is 2.63. The fourth-order valence-corrected chi connectivity index (χ4v) is 1.79. The van der Waals surface area contributed by atoms with E-state index in [0.29, 0.717) is 17.1 Å². The van der Waals surface area contributed by atoms with Crippen molar-refractivity contribution in [2.75, 3.05) is 25.3 Å². The maximum atomic E-state index is 13.3. The first kappa shape index (κ1) is 14.6. The molecule has 0 heterocycles. The number of halogens is 1. The fraction of sp³-hybridized carbons (Fsp3) is 0.133. The van der Waals surface area contributed by atoms with Crippen molar-refractivity contribution in [2.24, 2.45) is 0 Å². The Morgan fingerprint density at radius 1 is 1.14 bits per heavy atom. The van der Waals surface area contributed by atoms with Crippen LogP contribution >= 0.6 is 0 Å². The number of hydrogen-bond acceptors (Lipinski definition) is 4. The summed E-state index contributed by atoms with van der Waals surface area (Å²) in [7, 11) is 2.85. The molecule has 0 saturated heterocycles. The summed E-state index contributed by atoms with van der Waals surface area (Å²) in [5.41, 5.74) is 6.78. The Kier molecular flexibility index (Phi) is 4.27. The van der Waals surface area contributed by atoms with Crippen LogP contribution in [0.3, 0.4) is 0 Å². The van der Waals surface area contributed by atoms with Crippen LogP contribution < -0.4 is 20.5 Å². The van der Waals surface area contributed by atoms with Crippen molar-refractivity contribution in [3.8, 4) is 11.5 Å². The Morgan fingerprint density at radius 2 is 1.90 bits per heavy atom. The van der Waals surface area contributed by atoms with Crippen molar-refractivity contribution >= 4 is 17.3 Å². The predicted octanol–water partition coefficient (Wildman–Crippen LogP) is 2.68. The summed E-state index contributed by atoms with van der Waals surface area (Å²) in [4.78, 5) is 12.2. The van der Waals surface area contributed by atoms with Gasteiger partial charge in [-0.25, -0.2) is 4.39 Å². The van der Waals surface area contributed by atoms with Crippen LogP contribution in [-0.2, 0) is 0 Å². The molecule has 0 aliphatic carbocycles. The van der Waals surface area contributed by atoms with Crippen LogP contribution in [0.15, 0.2) is 36.4 Å². The summed E-state index contributed by atoms with van der Waals surface area (Å²) in [6.45, 7) is 0. The van der Waals surface area contributed by atoms with Gasteiger partial charge in [0.1, 0.15) is 5.75 Å². The molecule has 1 amide bonds. The van der Waals surface area contributed by atoms with E-state index in [0.717, 1.165) is 0 Å². The zero-order chi connectivity index (χ0) is 15.4. The molecular formula is C15H15FN2O3. The Morgan fingerprint density at radius 3 is 2.57 bits per heavy atom. The zero-order valence-electron chi connectivity index (χ0n) is 11.6. The van der Waals surface area contributed by atoms with Gasteiger partial charge in [0.05, 0.1) is 19.8 Å². The summed E-state index contributed by atoms with van der Waals surface area (Å²) in [6, 6.07) is 8.82. The van der Waals surface area contributed by atoms with Crippen molar-refractivity contribution in [1.29, 1.82) is 0 Å². The van der Waals surface area contributed by atoms with Crippen LogP contribution in [0.1, 0.15) is 10.4 Å². The van der Waals surface area contributed by atoms with Crippen molar-refractivity contribution in [3.63, 3.8) is 0 Å². The lowest BCUT2D eigenvalue weighted by atomic mass is 10.1. The molecule has 2 aromatic carbocycles. The van der Waals surface area contributed by atoms with Crippen molar-refractivity contribution in [2.45, 2.75) is 0 Å². The standard InChI is InChI=1S/C15H15FN2O3/c1-20-10-4-6-13(17)11(8-10)15(19)18-9-3-5-12(16)14(7-9)21-2/h3-8H,17H2,1-2H3,(H,18,19). The number of nitrogens with one attached hydrogen (secondary N) is 1. The number of carbonyl (C=O) groups is 1. The fourth-order valence-electron chi connectivity index (χ4n) is 1.79. The Labute approximate surface area is 121 Å². The minimum Gasteiger partial charge on any atom is -0.497 e. The summed E-state index contributed by atoms with van der Waals surface area (Å²) >= 11 is 0. The lowest BCUT2D eigenvalue weighted by Crippen LogP contribution is -2.14. The molecule has 0 unspecified atom stereocenters. The lowest BCUT2D eigenvalue weighted by molar-refractivity contribution is 0.102. The van der Waals surface area contributed by atoms with Gasteiger partial charge in [-0.2, -0.15) is 0 Å². The van der Waals surface area contributed by atoms with Crippen LogP contribution in [-0.4, -0.2) is 20.1 Å². The lowest BCUT2D eigenvalue weighted by Gasteiger charge is -2.10. The topological polar surface area (TPSA) is 73.6 Å². The van der Waals surface area contributed by atoms with Gasteiger partial charge in [-0.1, -0.05) is 0 Å². The molecule has 21 heavy (non-hydrogen) atoms. The van der Waals surface area contributed by atoms with Gasteiger partial charge in [0, 0.05) is 17.4 Å². The molecule has 110 valence electrons. The first-order valence-electron chi connectivity index (χ1n) is 6.13. The molecular weight excluding hydrogens is 275 g/mol. The van der Waals surface area contributed by atoms with Crippen LogP contribution in [0.4, 0.5) is 15.8 Å². The molecule has 0 aromatic heterocycles. The molecule has 0 aliphatic rings. The second-order valence-electron chi connectivity index (χ2n) is 4.26. The average molecular weight is 290 g/mol. The van der Waals surface area contributed by atoms with E-state index in [1.165, 1.54) is 38.5 Å². The first-order chi connectivity index (χ1) is 10.0. The van der Waals surface area contributed by atoms with Crippen molar-refractivity contribution in [3.05, 3.63) is 47.8 Å². The highest BCUT2D eigenvalue weighted by atomic mass is 19.1. The van der Waals surface area contributed by atoms with Gasteiger partial charge < -0.3 is 20.5 Å².